The molecular formula is C20H16N2O4. The minimum absolute atomic E-state index is 0.120. The SMILES string of the molecule is O=C(O)c1cc(C(=O)O)c(Nc2ccccc2)cc1Nc1ccccc1. The maximum Gasteiger partial charge on any atom is 0.337 e. The zero-order valence-electron chi connectivity index (χ0n) is 13.6. The van der Waals surface area contributed by atoms with E-state index in [1.807, 2.05) is 36.4 Å². The third kappa shape index (κ3) is 3.81. The van der Waals surface area contributed by atoms with Gasteiger partial charge in [0, 0.05) is 11.4 Å². The fourth-order valence-electron chi connectivity index (χ4n) is 2.51. The molecule has 3 rings (SSSR count). The molecule has 0 aliphatic rings. The number of aromatic carboxylic acids is 2. The Hall–Kier alpha value is -3.80. The molecule has 0 spiro atoms. The van der Waals surface area contributed by atoms with Crippen molar-refractivity contribution in [1.82, 2.24) is 0 Å². The Morgan fingerprint density at radius 1 is 0.615 bits per heavy atom. The van der Waals surface area contributed by atoms with Crippen LogP contribution in [0.3, 0.4) is 0 Å². The van der Waals surface area contributed by atoms with Gasteiger partial charge in [0.2, 0.25) is 0 Å². The zero-order valence-corrected chi connectivity index (χ0v) is 13.6. The van der Waals surface area contributed by atoms with Crippen molar-refractivity contribution in [3.63, 3.8) is 0 Å². The van der Waals surface area contributed by atoms with Crippen LogP contribution in [-0.4, -0.2) is 22.2 Å². The summed E-state index contributed by atoms with van der Waals surface area (Å²) in [5.41, 5.74) is 1.75. The number of carboxylic acid groups (broad SMARTS) is 2. The van der Waals surface area contributed by atoms with Crippen LogP contribution in [0.4, 0.5) is 22.7 Å². The molecule has 6 heteroatoms. The molecule has 26 heavy (non-hydrogen) atoms. The molecule has 4 N–H and O–H groups in total. The first-order valence-corrected chi connectivity index (χ1v) is 7.83. The van der Waals surface area contributed by atoms with Crippen molar-refractivity contribution in [2.24, 2.45) is 0 Å². The van der Waals surface area contributed by atoms with Gasteiger partial charge in [-0.25, -0.2) is 9.59 Å². The van der Waals surface area contributed by atoms with Crippen molar-refractivity contribution in [3.8, 4) is 0 Å². The standard InChI is InChI=1S/C20H16N2O4/c23-19(24)15-11-16(20(25)26)18(22-14-9-5-2-6-10-14)12-17(15)21-13-7-3-1-4-8-13/h1-12,21-22H,(H,23,24)(H,25,26). The van der Waals surface area contributed by atoms with Crippen LogP contribution >= 0.6 is 0 Å². The molecule has 6 nitrogen and oxygen atoms in total. The van der Waals surface area contributed by atoms with Gasteiger partial charge in [-0.1, -0.05) is 36.4 Å². The summed E-state index contributed by atoms with van der Waals surface area (Å²) in [7, 11) is 0. The number of benzene rings is 3. The highest BCUT2D eigenvalue weighted by atomic mass is 16.4. The molecule has 0 heterocycles. The van der Waals surface area contributed by atoms with E-state index in [4.69, 9.17) is 0 Å². The van der Waals surface area contributed by atoms with Gasteiger partial charge in [0.1, 0.15) is 0 Å². The van der Waals surface area contributed by atoms with Crippen molar-refractivity contribution < 1.29 is 19.8 Å². The fraction of sp³-hybridized carbons (Fsp3) is 0. The summed E-state index contributed by atoms with van der Waals surface area (Å²) in [5.74, 6) is -2.42. The molecule has 0 unspecified atom stereocenters. The van der Waals surface area contributed by atoms with Crippen LogP contribution in [0.25, 0.3) is 0 Å². The molecule has 0 amide bonds. The summed E-state index contributed by atoms with van der Waals surface area (Å²) in [6.45, 7) is 0. The summed E-state index contributed by atoms with van der Waals surface area (Å²) in [6.07, 6.45) is 0. The van der Waals surface area contributed by atoms with Crippen LogP contribution in [-0.2, 0) is 0 Å². The van der Waals surface area contributed by atoms with E-state index in [2.05, 4.69) is 10.6 Å². The molecule has 130 valence electrons. The average Bonchev–Trinajstić information content (AvgIpc) is 2.63. The van der Waals surface area contributed by atoms with Crippen molar-refractivity contribution in [1.29, 1.82) is 0 Å². The molecule has 0 radical (unpaired) electrons. The quantitative estimate of drug-likeness (QED) is 0.521. The van der Waals surface area contributed by atoms with Crippen LogP contribution in [0.15, 0.2) is 72.8 Å². The van der Waals surface area contributed by atoms with Crippen molar-refractivity contribution >= 4 is 34.7 Å². The second-order valence-corrected chi connectivity index (χ2v) is 5.54. The largest absolute Gasteiger partial charge is 0.478 e. The van der Waals surface area contributed by atoms with Gasteiger partial charge < -0.3 is 20.8 Å². The molecule has 0 aliphatic carbocycles. The maximum absolute atomic E-state index is 11.6. The van der Waals surface area contributed by atoms with Crippen molar-refractivity contribution in [2.45, 2.75) is 0 Å². The van der Waals surface area contributed by atoms with E-state index in [1.165, 1.54) is 6.07 Å². The van der Waals surface area contributed by atoms with Gasteiger partial charge in [0.15, 0.2) is 0 Å². The lowest BCUT2D eigenvalue weighted by Crippen LogP contribution is -2.09. The average molecular weight is 348 g/mol. The van der Waals surface area contributed by atoms with Gasteiger partial charge in [0.25, 0.3) is 0 Å². The first-order valence-electron chi connectivity index (χ1n) is 7.83. The zero-order chi connectivity index (χ0) is 18.5. The number of carboxylic acids is 2. The summed E-state index contributed by atoms with van der Waals surface area (Å²) in [4.78, 5) is 23.2. The molecule has 0 fully saturated rings. The topological polar surface area (TPSA) is 98.7 Å². The summed E-state index contributed by atoms with van der Waals surface area (Å²) < 4.78 is 0. The lowest BCUT2D eigenvalue weighted by molar-refractivity contribution is 0.0696. The van der Waals surface area contributed by atoms with Gasteiger partial charge in [0.05, 0.1) is 22.5 Å². The van der Waals surface area contributed by atoms with E-state index >= 15 is 0 Å². The molecule has 0 aliphatic heterocycles. The lowest BCUT2D eigenvalue weighted by Gasteiger charge is -2.15. The second-order valence-electron chi connectivity index (χ2n) is 5.54. The van der Waals surface area contributed by atoms with Gasteiger partial charge in [-0.15, -0.1) is 0 Å². The number of hydrogen-bond donors (Lipinski definition) is 4. The molecule has 0 atom stereocenters. The third-order valence-electron chi connectivity index (χ3n) is 3.72. The highest BCUT2D eigenvalue weighted by molar-refractivity contribution is 6.03. The monoisotopic (exact) mass is 348 g/mol. The van der Waals surface area contributed by atoms with Crippen LogP contribution < -0.4 is 10.6 Å². The lowest BCUT2D eigenvalue weighted by atomic mass is 10.0. The van der Waals surface area contributed by atoms with Crippen molar-refractivity contribution in [2.75, 3.05) is 10.6 Å². The highest BCUT2D eigenvalue weighted by Gasteiger charge is 2.19. The minimum atomic E-state index is -1.21. The predicted molar refractivity (Wildman–Crippen MR) is 99.8 cm³/mol. The van der Waals surface area contributed by atoms with Gasteiger partial charge in [-0.2, -0.15) is 0 Å². The number of carbonyl (C=O) groups is 2. The van der Waals surface area contributed by atoms with E-state index in [-0.39, 0.29) is 11.1 Å². The van der Waals surface area contributed by atoms with Gasteiger partial charge >= 0.3 is 11.9 Å². The normalized spacial score (nSPS) is 10.2. The molecule has 0 bridgehead atoms. The predicted octanol–water partition coefficient (Wildman–Crippen LogP) is 4.57. The number of nitrogens with one attached hydrogen (secondary N) is 2. The Morgan fingerprint density at radius 3 is 1.35 bits per heavy atom. The molecule has 3 aromatic carbocycles. The minimum Gasteiger partial charge on any atom is -0.478 e. The van der Waals surface area contributed by atoms with E-state index in [0.717, 1.165) is 6.07 Å². The summed E-state index contributed by atoms with van der Waals surface area (Å²) in [6, 6.07) is 20.8. The smallest absolute Gasteiger partial charge is 0.337 e. The Labute approximate surface area is 149 Å². The summed E-state index contributed by atoms with van der Waals surface area (Å²) >= 11 is 0. The van der Waals surface area contributed by atoms with Crippen LogP contribution in [0.1, 0.15) is 20.7 Å². The molecule has 0 saturated carbocycles. The van der Waals surface area contributed by atoms with Crippen LogP contribution in [0, 0.1) is 0 Å². The molecule has 3 aromatic rings. The number of para-hydroxylation sites is 2. The Balaban J connectivity index is 2.08. The van der Waals surface area contributed by atoms with Gasteiger partial charge in [-0.05, 0) is 36.4 Å². The first kappa shape index (κ1) is 17.0. The van der Waals surface area contributed by atoms with E-state index in [0.29, 0.717) is 22.7 Å². The number of hydrogen-bond acceptors (Lipinski definition) is 4. The molecular weight excluding hydrogens is 332 g/mol. The Morgan fingerprint density at radius 2 is 1.00 bits per heavy atom. The third-order valence-corrected chi connectivity index (χ3v) is 3.72. The van der Waals surface area contributed by atoms with E-state index in [1.54, 1.807) is 24.3 Å². The second kappa shape index (κ2) is 7.40. The number of anilines is 4. The summed E-state index contributed by atoms with van der Waals surface area (Å²) in [5, 5.41) is 25.0. The van der Waals surface area contributed by atoms with Crippen LogP contribution in [0.2, 0.25) is 0 Å². The molecule has 0 aromatic heterocycles. The first-order chi connectivity index (χ1) is 12.5. The fourth-order valence-corrected chi connectivity index (χ4v) is 2.51. The maximum atomic E-state index is 11.6. The Bertz CT molecular complexity index is 866. The van der Waals surface area contributed by atoms with Crippen molar-refractivity contribution in [3.05, 3.63) is 83.9 Å². The Kier molecular flexibility index (Phi) is 4.85. The van der Waals surface area contributed by atoms with E-state index < -0.39 is 11.9 Å². The highest BCUT2D eigenvalue weighted by Crippen LogP contribution is 2.30. The van der Waals surface area contributed by atoms with E-state index in [9.17, 15) is 19.8 Å². The van der Waals surface area contributed by atoms with Crippen LogP contribution in [0.5, 0.6) is 0 Å². The molecule has 0 saturated heterocycles. The number of rotatable bonds is 6. The van der Waals surface area contributed by atoms with Gasteiger partial charge in [-0.3, -0.25) is 0 Å².